The third-order valence-electron chi connectivity index (χ3n) is 4.26. The van der Waals surface area contributed by atoms with Gasteiger partial charge in [0.25, 0.3) is 0 Å². The molecule has 20 heavy (non-hydrogen) atoms. The van der Waals surface area contributed by atoms with Crippen molar-refractivity contribution in [2.24, 2.45) is 0 Å². The molecule has 2 aromatic rings. The lowest BCUT2D eigenvalue weighted by Crippen LogP contribution is -2.43. The maximum atomic E-state index is 11.8. The molecule has 0 saturated heterocycles. The van der Waals surface area contributed by atoms with Gasteiger partial charge in [-0.05, 0) is 42.3 Å². The highest BCUT2D eigenvalue weighted by molar-refractivity contribution is 7.14. The molecule has 0 N–H and O–H groups in total. The van der Waals surface area contributed by atoms with Crippen molar-refractivity contribution in [3.05, 3.63) is 52.9 Å². The zero-order valence-electron chi connectivity index (χ0n) is 11.7. The second-order valence-electron chi connectivity index (χ2n) is 5.54. The molecule has 1 amide bonds. The van der Waals surface area contributed by atoms with Crippen molar-refractivity contribution in [1.29, 1.82) is 0 Å². The molecule has 1 fully saturated rings. The van der Waals surface area contributed by atoms with Gasteiger partial charge in [-0.25, -0.2) is 0 Å². The van der Waals surface area contributed by atoms with Crippen LogP contribution in [0, 0.1) is 6.92 Å². The molecule has 1 aliphatic carbocycles. The molecule has 3 heteroatoms. The fourth-order valence-corrected chi connectivity index (χ4v) is 4.24. The topological polar surface area (TPSA) is 20.3 Å². The zero-order chi connectivity index (χ0) is 14.0. The Morgan fingerprint density at radius 2 is 1.90 bits per heavy atom. The summed E-state index contributed by atoms with van der Waals surface area (Å²) in [6.45, 7) is 2.08. The smallest absolute Gasteiger partial charge is 0.215 e. The molecule has 0 aliphatic heterocycles. The molecular weight excluding hydrogens is 266 g/mol. The Morgan fingerprint density at radius 1 is 1.20 bits per heavy atom. The predicted octanol–water partition coefficient (Wildman–Crippen LogP) is 4.49. The van der Waals surface area contributed by atoms with E-state index in [-0.39, 0.29) is 5.54 Å². The SMILES string of the molecule is Cc1csc(N(C=O)C2(c3ccccc3)CCCC2)c1. The van der Waals surface area contributed by atoms with Crippen molar-refractivity contribution >= 4 is 22.7 Å². The number of amides is 1. The average Bonchev–Trinajstić information content (AvgIpc) is 3.12. The van der Waals surface area contributed by atoms with E-state index < -0.39 is 0 Å². The van der Waals surface area contributed by atoms with Crippen LogP contribution >= 0.6 is 11.3 Å². The van der Waals surface area contributed by atoms with Gasteiger partial charge in [0, 0.05) is 0 Å². The molecular formula is C17H19NOS. The minimum absolute atomic E-state index is 0.152. The highest BCUT2D eigenvalue weighted by Gasteiger charge is 2.41. The van der Waals surface area contributed by atoms with Crippen LogP contribution in [-0.4, -0.2) is 6.41 Å². The Labute approximate surface area is 124 Å². The van der Waals surface area contributed by atoms with Gasteiger partial charge in [0.05, 0.1) is 10.5 Å². The van der Waals surface area contributed by atoms with Crippen molar-refractivity contribution in [1.82, 2.24) is 0 Å². The first-order valence-electron chi connectivity index (χ1n) is 7.11. The second-order valence-corrected chi connectivity index (χ2v) is 6.43. The van der Waals surface area contributed by atoms with Gasteiger partial charge in [0.2, 0.25) is 6.41 Å². The summed E-state index contributed by atoms with van der Waals surface area (Å²) < 4.78 is 0. The number of rotatable bonds is 4. The highest BCUT2D eigenvalue weighted by atomic mass is 32.1. The predicted molar refractivity (Wildman–Crippen MR) is 84.2 cm³/mol. The standard InChI is InChI=1S/C17H19NOS/c1-14-11-16(20-12-14)18(13-19)17(9-5-6-10-17)15-7-3-2-4-8-15/h2-4,7-8,11-13H,5-6,9-10H2,1H3. The zero-order valence-corrected chi connectivity index (χ0v) is 12.5. The van der Waals surface area contributed by atoms with Crippen LogP contribution in [0.4, 0.5) is 5.00 Å². The molecule has 3 rings (SSSR count). The van der Waals surface area contributed by atoms with E-state index in [1.807, 2.05) is 11.0 Å². The fraction of sp³-hybridized carbons (Fsp3) is 0.353. The minimum Gasteiger partial charge on any atom is -0.296 e. The number of carbonyl (C=O) groups is 1. The van der Waals surface area contributed by atoms with Gasteiger partial charge in [0.15, 0.2) is 0 Å². The van der Waals surface area contributed by atoms with Crippen LogP contribution in [-0.2, 0) is 10.3 Å². The molecule has 1 aliphatic rings. The number of benzene rings is 1. The van der Waals surface area contributed by atoms with Crippen LogP contribution in [0.1, 0.15) is 36.8 Å². The molecule has 0 bridgehead atoms. The number of hydrogen-bond acceptors (Lipinski definition) is 2. The van der Waals surface area contributed by atoms with Crippen molar-refractivity contribution in [3.8, 4) is 0 Å². The van der Waals surface area contributed by atoms with E-state index in [1.54, 1.807) is 11.3 Å². The van der Waals surface area contributed by atoms with Gasteiger partial charge in [-0.15, -0.1) is 11.3 Å². The summed E-state index contributed by atoms with van der Waals surface area (Å²) in [5.74, 6) is 0. The lowest BCUT2D eigenvalue weighted by atomic mass is 9.86. The molecule has 0 unspecified atom stereocenters. The molecule has 0 spiro atoms. The highest BCUT2D eigenvalue weighted by Crippen LogP contribution is 2.46. The van der Waals surface area contributed by atoms with Crippen LogP contribution in [0.5, 0.6) is 0 Å². The number of carbonyl (C=O) groups excluding carboxylic acids is 1. The van der Waals surface area contributed by atoms with Gasteiger partial charge >= 0.3 is 0 Å². The van der Waals surface area contributed by atoms with Crippen molar-refractivity contribution in [2.75, 3.05) is 4.90 Å². The van der Waals surface area contributed by atoms with Gasteiger partial charge in [0.1, 0.15) is 0 Å². The summed E-state index contributed by atoms with van der Waals surface area (Å²) in [5, 5.41) is 3.17. The molecule has 1 aromatic carbocycles. The van der Waals surface area contributed by atoms with Crippen molar-refractivity contribution < 1.29 is 4.79 Å². The van der Waals surface area contributed by atoms with E-state index in [4.69, 9.17) is 0 Å². The number of thiophene rings is 1. The largest absolute Gasteiger partial charge is 0.296 e. The summed E-state index contributed by atoms with van der Waals surface area (Å²) in [5.41, 5.74) is 2.33. The van der Waals surface area contributed by atoms with Crippen LogP contribution < -0.4 is 4.90 Å². The first-order chi connectivity index (χ1) is 9.76. The normalized spacial score (nSPS) is 17.1. The third kappa shape index (κ3) is 2.16. The van der Waals surface area contributed by atoms with Crippen LogP contribution in [0.3, 0.4) is 0 Å². The number of anilines is 1. The second kappa shape index (κ2) is 5.41. The lowest BCUT2D eigenvalue weighted by Gasteiger charge is -2.38. The Bertz CT molecular complexity index is 584. The molecule has 0 atom stereocenters. The van der Waals surface area contributed by atoms with E-state index in [0.29, 0.717) is 0 Å². The van der Waals surface area contributed by atoms with Gasteiger partial charge < -0.3 is 0 Å². The summed E-state index contributed by atoms with van der Waals surface area (Å²) in [4.78, 5) is 13.8. The van der Waals surface area contributed by atoms with Crippen LogP contribution in [0.25, 0.3) is 0 Å². The molecule has 1 saturated carbocycles. The van der Waals surface area contributed by atoms with Crippen LogP contribution in [0.15, 0.2) is 41.8 Å². The summed E-state index contributed by atoms with van der Waals surface area (Å²) in [6.07, 6.45) is 5.48. The number of hydrogen-bond donors (Lipinski definition) is 0. The quantitative estimate of drug-likeness (QED) is 0.758. The van der Waals surface area contributed by atoms with Crippen molar-refractivity contribution in [2.45, 2.75) is 38.1 Å². The maximum Gasteiger partial charge on any atom is 0.215 e. The monoisotopic (exact) mass is 285 g/mol. The van der Waals surface area contributed by atoms with E-state index in [9.17, 15) is 4.79 Å². The summed E-state index contributed by atoms with van der Waals surface area (Å²) >= 11 is 1.66. The van der Waals surface area contributed by atoms with E-state index in [0.717, 1.165) is 24.3 Å². The third-order valence-corrected chi connectivity index (χ3v) is 5.31. The van der Waals surface area contributed by atoms with E-state index in [2.05, 4.69) is 42.6 Å². The fourth-order valence-electron chi connectivity index (χ4n) is 3.28. The molecule has 104 valence electrons. The minimum atomic E-state index is -0.152. The summed E-state index contributed by atoms with van der Waals surface area (Å²) in [7, 11) is 0. The van der Waals surface area contributed by atoms with Crippen LogP contribution in [0.2, 0.25) is 0 Å². The maximum absolute atomic E-state index is 11.8. The molecule has 0 radical (unpaired) electrons. The Kier molecular flexibility index (Phi) is 3.62. The van der Waals surface area contributed by atoms with Crippen molar-refractivity contribution in [3.63, 3.8) is 0 Å². The number of aryl methyl sites for hydroxylation is 1. The van der Waals surface area contributed by atoms with Gasteiger partial charge in [-0.2, -0.15) is 0 Å². The first kappa shape index (κ1) is 13.4. The molecule has 1 heterocycles. The molecule has 1 aromatic heterocycles. The average molecular weight is 285 g/mol. The van der Waals surface area contributed by atoms with E-state index >= 15 is 0 Å². The van der Waals surface area contributed by atoms with Gasteiger partial charge in [-0.1, -0.05) is 43.2 Å². The Balaban J connectivity index is 2.07. The summed E-state index contributed by atoms with van der Waals surface area (Å²) in [6, 6.07) is 12.6. The Morgan fingerprint density at radius 3 is 2.45 bits per heavy atom. The first-order valence-corrected chi connectivity index (χ1v) is 7.99. The molecule has 2 nitrogen and oxygen atoms in total. The van der Waals surface area contributed by atoms with E-state index in [1.165, 1.54) is 24.0 Å². The Hall–Kier alpha value is -1.61. The lowest BCUT2D eigenvalue weighted by molar-refractivity contribution is -0.108. The number of nitrogens with zero attached hydrogens (tertiary/aromatic N) is 1. The van der Waals surface area contributed by atoms with Gasteiger partial charge in [-0.3, -0.25) is 9.69 Å².